The molecule has 0 spiro atoms. The van der Waals surface area contributed by atoms with Crippen molar-refractivity contribution in [1.29, 1.82) is 0 Å². The zero-order chi connectivity index (χ0) is 18.2. The van der Waals surface area contributed by atoms with Crippen molar-refractivity contribution >= 4 is 0 Å². The normalized spacial score (nSPS) is 29.2. The molecule has 1 aromatic carbocycles. The maximum Gasteiger partial charge on any atom is 0.118 e. The number of methoxy groups -OCH3 is 1. The van der Waals surface area contributed by atoms with Gasteiger partial charge >= 0.3 is 0 Å². The van der Waals surface area contributed by atoms with E-state index in [-0.39, 0.29) is 0 Å². The smallest absolute Gasteiger partial charge is 0.118 e. The molecule has 1 heteroatoms. The van der Waals surface area contributed by atoms with Crippen LogP contribution < -0.4 is 4.74 Å². The van der Waals surface area contributed by atoms with Gasteiger partial charge in [-0.2, -0.15) is 0 Å². The molecule has 3 rings (SSSR count). The van der Waals surface area contributed by atoms with E-state index in [2.05, 4.69) is 30.9 Å². The highest BCUT2D eigenvalue weighted by Crippen LogP contribution is 2.42. The minimum atomic E-state index is 0.739. The molecular formula is C25H34O. The monoisotopic (exact) mass is 350 g/mol. The minimum Gasteiger partial charge on any atom is -0.497 e. The molecular weight excluding hydrogens is 316 g/mol. The first-order valence-electron chi connectivity index (χ1n) is 10.6. The Bertz CT molecular complexity index is 614. The van der Waals surface area contributed by atoms with Crippen molar-refractivity contribution < 1.29 is 4.74 Å². The molecule has 0 heterocycles. The molecule has 0 bridgehead atoms. The van der Waals surface area contributed by atoms with Crippen LogP contribution >= 0.6 is 0 Å². The van der Waals surface area contributed by atoms with Gasteiger partial charge in [-0.15, -0.1) is 0 Å². The molecule has 2 aliphatic rings. The van der Waals surface area contributed by atoms with Gasteiger partial charge in [0.2, 0.25) is 0 Å². The van der Waals surface area contributed by atoms with Crippen molar-refractivity contribution in [2.75, 3.05) is 7.11 Å². The van der Waals surface area contributed by atoms with Gasteiger partial charge in [0.15, 0.2) is 0 Å². The average molecular weight is 351 g/mol. The summed E-state index contributed by atoms with van der Waals surface area (Å²) in [5.74, 6) is 11.1. The van der Waals surface area contributed by atoms with Gasteiger partial charge in [0.05, 0.1) is 7.11 Å². The van der Waals surface area contributed by atoms with Gasteiger partial charge in [-0.1, -0.05) is 44.1 Å². The predicted molar refractivity (Wildman–Crippen MR) is 110 cm³/mol. The summed E-state index contributed by atoms with van der Waals surface area (Å²) in [4.78, 5) is 0. The zero-order valence-electron chi connectivity index (χ0n) is 16.5. The van der Waals surface area contributed by atoms with E-state index in [1.165, 1.54) is 57.8 Å². The predicted octanol–water partition coefficient (Wildman–Crippen LogP) is 6.63. The van der Waals surface area contributed by atoms with Gasteiger partial charge < -0.3 is 4.74 Å². The number of hydrogen-bond acceptors (Lipinski definition) is 1. The second kappa shape index (κ2) is 9.86. The number of hydrogen-bond donors (Lipinski definition) is 0. The summed E-state index contributed by atoms with van der Waals surface area (Å²) in [6.07, 6.45) is 17.4. The molecule has 140 valence electrons. The van der Waals surface area contributed by atoms with Gasteiger partial charge in [0.25, 0.3) is 0 Å². The lowest BCUT2D eigenvalue weighted by Gasteiger charge is -2.37. The van der Waals surface area contributed by atoms with Crippen LogP contribution in [-0.2, 0) is 0 Å². The Kier molecular flexibility index (Phi) is 7.24. The number of ether oxygens (including phenoxy) is 1. The Morgan fingerprint density at radius 1 is 0.923 bits per heavy atom. The first-order chi connectivity index (χ1) is 12.8. The lowest BCUT2D eigenvalue weighted by molar-refractivity contribution is 0.154. The van der Waals surface area contributed by atoms with Crippen LogP contribution in [0.1, 0.15) is 70.3 Å². The van der Waals surface area contributed by atoms with Gasteiger partial charge in [0, 0.05) is 5.56 Å². The molecule has 0 saturated heterocycles. The third-order valence-electron chi connectivity index (χ3n) is 6.71. The average Bonchev–Trinajstić information content (AvgIpc) is 2.72. The van der Waals surface area contributed by atoms with Crippen LogP contribution in [0.15, 0.2) is 36.4 Å². The highest BCUT2D eigenvalue weighted by Gasteiger charge is 2.29. The summed E-state index contributed by atoms with van der Waals surface area (Å²) in [5.41, 5.74) is 1.04. The summed E-state index contributed by atoms with van der Waals surface area (Å²) < 4.78 is 5.18. The highest BCUT2D eigenvalue weighted by molar-refractivity contribution is 5.40. The summed E-state index contributed by atoms with van der Waals surface area (Å²) in [5, 5.41) is 0. The van der Waals surface area contributed by atoms with E-state index in [9.17, 15) is 0 Å². The van der Waals surface area contributed by atoms with E-state index in [0.29, 0.717) is 0 Å². The number of allylic oxidation sites excluding steroid dienone is 2. The maximum atomic E-state index is 5.18. The fraction of sp³-hybridized carbons (Fsp3) is 0.600. The first kappa shape index (κ1) is 19.1. The Balaban J connectivity index is 1.41. The standard InChI is InChI=1S/C25H34O/c1-3-20-8-14-23(15-9-20)24-16-10-21(11-17-24)6-4-5-7-22-12-18-25(26-2)19-13-22/h4,6,12-13,18-21,23-24H,3,8-11,14-17H2,1-2H3/b6-4+/t20-,21?,23-,24?. The maximum absolute atomic E-state index is 5.18. The van der Waals surface area contributed by atoms with Crippen molar-refractivity contribution in [3.63, 3.8) is 0 Å². The number of benzene rings is 1. The molecule has 1 nitrogen and oxygen atoms in total. The molecule has 0 radical (unpaired) electrons. The summed E-state index contributed by atoms with van der Waals surface area (Å²) in [6.45, 7) is 2.36. The quantitative estimate of drug-likeness (QED) is 0.554. The molecule has 2 aliphatic carbocycles. The SMILES string of the molecule is CC[C@H]1CC[C@H](C2CCC(/C=C/C#Cc3ccc(OC)cc3)CC2)CC1. The number of rotatable bonds is 4. The molecule has 2 saturated carbocycles. The van der Waals surface area contributed by atoms with Crippen LogP contribution in [0.25, 0.3) is 0 Å². The van der Waals surface area contributed by atoms with E-state index in [1.54, 1.807) is 7.11 Å². The van der Waals surface area contributed by atoms with E-state index in [1.807, 2.05) is 24.3 Å². The van der Waals surface area contributed by atoms with Gasteiger partial charge in [-0.05, 0) is 92.5 Å². The van der Waals surface area contributed by atoms with Crippen LogP contribution in [0.3, 0.4) is 0 Å². The third-order valence-corrected chi connectivity index (χ3v) is 6.71. The van der Waals surface area contributed by atoms with Crippen LogP contribution in [0.4, 0.5) is 0 Å². The largest absolute Gasteiger partial charge is 0.497 e. The van der Waals surface area contributed by atoms with Crippen molar-refractivity contribution in [1.82, 2.24) is 0 Å². The van der Waals surface area contributed by atoms with Crippen LogP contribution in [-0.4, -0.2) is 7.11 Å². The van der Waals surface area contributed by atoms with Gasteiger partial charge in [-0.3, -0.25) is 0 Å². The fourth-order valence-electron chi connectivity index (χ4n) is 4.86. The molecule has 0 aromatic heterocycles. The Hall–Kier alpha value is -1.68. The van der Waals surface area contributed by atoms with Crippen LogP contribution in [0.2, 0.25) is 0 Å². The van der Waals surface area contributed by atoms with Crippen molar-refractivity contribution in [2.45, 2.75) is 64.7 Å². The molecule has 0 amide bonds. The summed E-state index contributed by atoms with van der Waals surface area (Å²) in [6, 6.07) is 7.95. The fourth-order valence-corrected chi connectivity index (χ4v) is 4.86. The van der Waals surface area contributed by atoms with E-state index >= 15 is 0 Å². The van der Waals surface area contributed by atoms with E-state index in [0.717, 1.165) is 35.0 Å². The van der Waals surface area contributed by atoms with Crippen LogP contribution in [0, 0.1) is 35.5 Å². The van der Waals surface area contributed by atoms with Crippen molar-refractivity contribution in [3.05, 3.63) is 42.0 Å². The third kappa shape index (κ3) is 5.41. The molecule has 1 aromatic rings. The summed E-state index contributed by atoms with van der Waals surface area (Å²) in [7, 11) is 1.69. The second-order valence-electron chi connectivity index (χ2n) is 8.22. The van der Waals surface area contributed by atoms with Crippen LogP contribution in [0.5, 0.6) is 5.75 Å². The van der Waals surface area contributed by atoms with E-state index in [4.69, 9.17) is 4.74 Å². The topological polar surface area (TPSA) is 9.23 Å². The molecule has 26 heavy (non-hydrogen) atoms. The molecule has 0 unspecified atom stereocenters. The molecule has 2 fully saturated rings. The summed E-state index contributed by atoms with van der Waals surface area (Å²) >= 11 is 0. The Morgan fingerprint density at radius 3 is 2.12 bits per heavy atom. The second-order valence-corrected chi connectivity index (χ2v) is 8.22. The highest BCUT2D eigenvalue weighted by atomic mass is 16.5. The zero-order valence-corrected chi connectivity index (χ0v) is 16.5. The van der Waals surface area contributed by atoms with E-state index < -0.39 is 0 Å². The molecule has 0 aliphatic heterocycles. The Morgan fingerprint density at radius 2 is 1.54 bits per heavy atom. The minimum absolute atomic E-state index is 0.739. The lowest BCUT2D eigenvalue weighted by atomic mass is 9.69. The van der Waals surface area contributed by atoms with Gasteiger partial charge in [-0.25, -0.2) is 0 Å². The lowest BCUT2D eigenvalue weighted by Crippen LogP contribution is -2.25. The van der Waals surface area contributed by atoms with Crippen molar-refractivity contribution in [3.8, 4) is 17.6 Å². The first-order valence-corrected chi connectivity index (χ1v) is 10.6. The van der Waals surface area contributed by atoms with Gasteiger partial charge in [0.1, 0.15) is 5.75 Å². The molecule has 0 N–H and O–H groups in total. The Labute approximate surface area is 160 Å². The molecule has 0 atom stereocenters. The van der Waals surface area contributed by atoms with Crippen molar-refractivity contribution in [2.24, 2.45) is 23.7 Å².